The van der Waals surface area contributed by atoms with Crippen molar-refractivity contribution in [2.24, 2.45) is 5.41 Å². The number of benzene rings is 1. The minimum Gasteiger partial charge on any atom is -0.496 e. The quantitative estimate of drug-likeness (QED) is 0.694. The van der Waals surface area contributed by atoms with E-state index in [9.17, 15) is 9.90 Å². The van der Waals surface area contributed by atoms with Crippen molar-refractivity contribution in [1.29, 1.82) is 0 Å². The maximum Gasteiger partial charge on any atom is 0.228 e. The van der Waals surface area contributed by atoms with E-state index in [4.69, 9.17) is 9.47 Å². The van der Waals surface area contributed by atoms with Crippen molar-refractivity contribution in [3.05, 3.63) is 29.8 Å². The number of hydrogen-bond donors (Lipinski definition) is 3. The summed E-state index contributed by atoms with van der Waals surface area (Å²) in [5.41, 5.74) is 0.155. The zero-order valence-corrected chi connectivity index (χ0v) is 13.8. The first kappa shape index (κ1) is 17.7. The van der Waals surface area contributed by atoms with Crippen LogP contribution in [0.2, 0.25) is 0 Å². The zero-order valence-electron chi connectivity index (χ0n) is 13.8. The molecule has 1 heterocycles. The number of carbonyl (C=O) groups excluding carboxylic acids is 1. The Labute approximate surface area is 137 Å². The van der Waals surface area contributed by atoms with Gasteiger partial charge >= 0.3 is 0 Å². The third-order valence-electron chi connectivity index (χ3n) is 4.42. The van der Waals surface area contributed by atoms with E-state index >= 15 is 0 Å². The lowest BCUT2D eigenvalue weighted by Crippen LogP contribution is -2.50. The Balaban J connectivity index is 1.99. The van der Waals surface area contributed by atoms with Gasteiger partial charge in [0.15, 0.2) is 0 Å². The van der Waals surface area contributed by atoms with Crippen LogP contribution in [0.25, 0.3) is 0 Å². The molecule has 1 amide bonds. The van der Waals surface area contributed by atoms with Gasteiger partial charge in [-0.25, -0.2) is 0 Å². The Morgan fingerprint density at radius 2 is 2.04 bits per heavy atom. The van der Waals surface area contributed by atoms with E-state index in [1.165, 1.54) is 0 Å². The number of hydrogen-bond acceptors (Lipinski definition) is 5. The van der Waals surface area contributed by atoms with Crippen LogP contribution in [-0.2, 0) is 9.53 Å². The number of rotatable bonds is 7. The van der Waals surface area contributed by atoms with E-state index in [0.717, 1.165) is 25.9 Å². The van der Waals surface area contributed by atoms with E-state index in [1.54, 1.807) is 26.4 Å². The summed E-state index contributed by atoms with van der Waals surface area (Å²) in [5.74, 6) is 0.553. The number of piperidine rings is 1. The zero-order chi connectivity index (χ0) is 16.7. The summed E-state index contributed by atoms with van der Waals surface area (Å²) in [6.45, 7) is 2.14. The molecule has 0 radical (unpaired) electrons. The number of methoxy groups -OCH3 is 2. The number of amides is 1. The predicted octanol–water partition coefficient (Wildman–Crippen LogP) is 0.861. The summed E-state index contributed by atoms with van der Waals surface area (Å²) in [6, 6.07) is 7.27. The molecular formula is C17H26N2O4. The number of ether oxygens (including phenoxy) is 2. The Morgan fingerprint density at radius 1 is 1.35 bits per heavy atom. The summed E-state index contributed by atoms with van der Waals surface area (Å²) in [7, 11) is 3.17. The molecule has 6 nitrogen and oxygen atoms in total. The smallest absolute Gasteiger partial charge is 0.228 e. The Hall–Kier alpha value is -1.63. The first-order valence-electron chi connectivity index (χ1n) is 7.92. The molecule has 0 saturated carbocycles. The summed E-state index contributed by atoms with van der Waals surface area (Å²) in [6.07, 6.45) is 0.658. The van der Waals surface area contributed by atoms with Gasteiger partial charge < -0.3 is 25.2 Å². The van der Waals surface area contributed by atoms with E-state index in [0.29, 0.717) is 17.9 Å². The van der Waals surface area contributed by atoms with Crippen molar-refractivity contribution in [1.82, 2.24) is 10.6 Å². The molecule has 6 heteroatoms. The van der Waals surface area contributed by atoms with E-state index in [2.05, 4.69) is 10.6 Å². The van der Waals surface area contributed by atoms with Crippen molar-refractivity contribution in [2.45, 2.75) is 18.9 Å². The molecule has 1 unspecified atom stereocenters. The molecule has 1 aliphatic heterocycles. The predicted molar refractivity (Wildman–Crippen MR) is 87.4 cm³/mol. The Bertz CT molecular complexity index is 510. The third kappa shape index (κ3) is 4.22. The van der Waals surface area contributed by atoms with E-state index in [-0.39, 0.29) is 12.5 Å². The van der Waals surface area contributed by atoms with Crippen LogP contribution in [0, 0.1) is 5.41 Å². The van der Waals surface area contributed by atoms with Crippen LogP contribution in [0.4, 0.5) is 0 Å². The highest BCUT2D eigenvalue weighted by Gasteiger charge is 2.39. The number of aliphatic hydroxyl groups excluding tert-OH is 1. The molecule has 3 N–H and O–H groups in total. The van der Waals surface area contributed by atoms with E-state index < -0.39 is 11.5 Å². The molecule has 0 aromatic heterocycles. The average Bonchev–Trinajstić information content (AvgIpc) is 2.60. The van der Waals surface area contributed by atoms with Gasteiger partial charge in [-0.3, -0.25) is 4.79 Å². The molecular weight excluding hydrogens is 296 g/mol. The second-order valence-corrected chi connectivity index (χ2v) is 5.93. The molecule has 0 aliphatic carbocycles. The fourth-order valence-corrected chi connectivity index (χ4v) is 3.05. The van der Waals surface area contributed by atoms with Crippen LogP contribution in [0.3, 0.4) is 0 Å². The minimum absolute atomic E-state index is 0.0604. The van der Waals surface area contributed by atoms with Gasteiger partial charge in [0.25, 0.3) is 0 Å². The molecule has 1 aliphatic rings. The maximum absolute atomic E-state index is 12.6. The summed E-state index contributed by atoms with van der Waals surface area (Å²) in [5, 5.41) is 16.5. The normalized spacial score (nSPS) is 18.2. The van der Waals surface area contributed by atoms with Gasteiger partial charge in [-0.15, -0.1) is 0 Å². The molecule has 0 spiro atoms. The molecule has 23 heavy (non-hydrogen) atoms. The van der Waals surface area contributed by atoms with Crippen LogP contribution >= 0.6 is 0 Å². The summed E-state index contributed by atoms with van der Waals surface area (Å²) >= 11 is 0. The van der Waals surface area contributed by atoms with Crippen molar-refractivity contribution < 1.29 is 19.4 Å². The van der Waals surface area contributed by atoms with Crippen molar-refractivity contribution in [2.75, 3.05) is 40.5 Å². The molecule has 128 valence electrons. The largest absolute Gasteiger partial charge is 0.496 e. The molecule has 1 saturated heterocycles. The van der Waals surface area contributed by atoms with Crippen LogP contribution in [-0.4, -0.2) is 51.5 Å². The lowest BCUT2D eigenvalue weighted by molar-refractivity contribution is -0.136. The highest BCUT2D eigenvalue weighted by molar-refractivity contribution is 5.83. The molecule has 1 aromatic carbocycles. The lowest BCUT2D eigenvalue weighted by atomic mass is 9.78. The first-order chi connectivity index (χ1) is 11.1. The fourth-order valence-electron chi connectivity index (χ4n) is 3.05. The monoisotopic (exact) mass is 322 g/mol. The molecule has 1 fully saturated rings. The minimum atomic E-state index is -0.809. The highest BCUT2D eigenvalue weighted by Crippen LogP contribution is 2.30. The molecule has 0 bridgehead atoms. The number of carbonyl (C=O) groups is 1. The van der Waals surface area contributed by atoms with Gasteiger partial charge in [-0.05, 0) is 32.0 Å². The molecule has 1 atom stereocenters. The summed E-state index contributed by atoms with van der Waals surface area (Å²) < 4.78 is 10.5. The second-order valence-electron chi connectivity index (χ2n) is 5.93. The lowest BCUT2D eigenvalue weighted by Gasteiger charge is -2.35. The number of aliphatic hydroxyl groups is 1. The standard InChI is InChI=1S/C17H26N2O4/c1-22-12-17(7-9-18-10-8-17)16(21)19-11-14(20)13-5-3-4-6-15(13)23-2/h3-6,14,18,20H,7-12H2,1-2H3,(H,19,21). The topological polar surface area (TPSA) is 79.8 Å². The van der Waals surface area contributed by atoms with Crippen LogP contribution in [0.5, 0.6) is 5.75 Å². The van der Waals surface area contributed by atoms with Gasteiger partial charge in [0.05, 0.1) is 25.2 Å². The first-order valence-corrected chi connectivity index (χ1v) is 7.92. The van der Waals surface area contributed by atoms with Gasteiger partial charge in [0.2, 0.25) is 5.91 Å². The Kier molecular flexibility index (Phi) is 6.38. The Morgan fingerprint density at radius 3 is 2.70 bits per heavy atom. The fraction of sp³-hybridized carbons (Fsp3) is 0.588. The van der Waals surface area contributed by atoms with Crippen LogP contribution in [0.15, 0.2) is 24.3 Å². The molecule has 2 rings (SSSR count). The van der Waals surface area contributed by atoms with Gasteiger partial charge in [-0.1, -0.05) is 18.2 Å². The van der Waals surface area contributed by atoms with E-state index in [1.807, 2.05) is 12.1 Å². The van der Waals surface area contributed by atoms with Crippen molar-refractivity contribution >= 4 is 5.91 Å². The van der Waals surface area contributed by atoms with Crippen molar-refractivity contribution in [3.8, 4) is 5.75 Å². The third-order valence-corrected chi connectivity index (χ3v) is 4.42. The van der Waals surface area contributed by atoms with Gasteiger partial charge in [0, 0.05) is 19.2 Å². The number of nitrogens with one attached hydrogen (secondary N) is 2. The number of para-hydroxylation sites is 1. The summed E-state index contributed by atoms with van der Waals surface area (Å²) in [4.78, 5) is 12.6. The SMILES string of the molecule is COCC1(C(=O)NCC(O)c2ccccc2OC)CCNCC1. The second kappa shape index (κ2) is 8.29. The molecule has 1 aromatic rings. The van der Waals surface area contributed by atoms with Crippen molar-refractivity contribution in [3.63, 3.8) is 0 Å². The van der Waals surface area contributed by atoms with Gasteiger partial charge in [0.1, 0.15) is 5.75 Å². The van der Waals surface area contributed by atoms with Gasteiger partial charge in [-0.2, -0.15) is 0 Å². The van der Waals surface area contributed by atoms with Crippen LogP contribution in [0.1, 0.15) is 24.5 Å². The highest BCUT2D eigenvalue weighted by atomic mass is 16.5. The van der Waals surface area contributed by atoms with Crippen LogP contribution < -0.4 is 15.4 Å². The average molecular weight is 322 g/mol. The maximum atomic E-state index is 12.6.